The Balaban J connectivity index is 1.99. The summed E-state index contributed by atoms with van der Waals surface area (Å²) in [7, 11) is 0. The smallest absolute Gasteiger partial charge is 0.181 e. The van der Waals surface area contributed by atoms with Gasteiger partial charge in [0.15, 0.2) is 11.5 Å². The molecule has 94 valence electrons. The predicted octanol–water partition coefficient (Wildman–Crippen LogP) is 1.77. The summed E-state index contributed by atoms with van der Waals surface area (Å²) in [6.07, 6.45) is 4.90. The van der Waals surface area contributed by atoms with Crippen LogP contribution in [0.3, 0.4) is 0 Å². The maximum Gasteiger partial charge on any atom is 0.181 e. The first kappa shape index (κ1) is 10.6. The van der Waals surface area contributed by atoms with E-state index in [9.17, 15) is 0 Å². The minimum atomic E-state index is 0.484. The van der Waals surface area contributed by atoms with Crippen LogP contribution in [0.2, 0.25) is 0 Å². The van der Waals surface area contributed by atoms with E-state index in [4.69, 9.17) is 5.26 Å². The van der Waals surface area contributed by atoms with Crippen molar-refractivity contribution in [3.63, 3.8) is 0 Å². The molecule has 4 aromatic heterocycles. The summed E-state index contributed by atoms with van der Waals surface area (Å²) < 4.78 is 0. The Morgan fingerprint density at radius 2 is 2.20 bits per heavy atom. The molecule has 0 spiro atoms. The van der Waals surface area contributed by atoms with Crippen molar-refractivity contribution in [1.29, 1.82) is 5.26 Å². The van der Waals surface area contributed by atoms with Crippen LogP contribution in [0.4, 0.5) is 0 Å². The first-order valence-corrected chi connectivity index (χ1v) is 5.89. The highest BCUT2D eigenvalue weighted by atomic mass is 15.2. The molecule has 0 unspecified atom stereocenters. The molecule has 0 aliphatic rings. The van der Waals surface area contributed by atoms with E-state index in [0.29, 0.717) is 22.7 Å². The first-order valence-electron chi connectivity index (χ1n) is 5.89. The predicted molar refractivity (Wildman–Crippen MR) is 71.5 cm³/mol. The summed E-state index contributed by atoms with van der Waals surface area (Å²) in [6.45, 7) is 0. The molecular formula is C13H7N7. The molecule has 4 heterocycles. The van der Waals surface area contributed by atoms with E-state index in [2.05, 4.69) is 36.2 Å². The van der Waals surface area contributed by atoms with Gasteiger partial charge in [0.25, 0.3) is 0 Å². The summed E-state index contributed by atoms with van der Waals surface area (Å²) in [5.74, 6) is 0.646. The van der Waals surface area contributed by atoms with Gasteiger partial charge in [0.05, 0.1) is 28.2 Å². The number of nitrogens with zero attached hydrogens (tertiary/aromatic N) is 5. The number of aromatic nitrogens is 6. The van der Waals surface area contributed by atoms with Gasteiger partial charge < -0.3 is 4.98 Å². The zero-order valence-corrected chi connectivity index (χ0v) is 10.1. The molecule has 0 aromatic carbocycles. The normalized spacial score (nSPS) is 10.9. The molecule has 2 N–H and O–H groups in total. The lowest BCUT2D eigenvalue weighted by Crippen LogP contribution is -1.83. The molecule has 0 radical (unpaired) electrons. The van der Waals surface area contributed by atoms with Crippen molar-refractivity contribution in [2.45, 2.75) is 0 Å². The monoisotopic (exact) mass is 261 g/mol. The van der Waals surface area contributed by atoms with Crippen molar-refractivity contribution < 1.29 is 0 Å². The third kappa shape index (κ3) is 1.45. The Morgan fingerprint density at radius 3 is 3.05 bits per heavy atom. The zero-order chi connectivity index (χ0) is 13.5. The van der Waals surface area contributed by atoms with Crippen molar-refractivity contribution in [2.75, 3.05) is 0 Å². The van der Waals surface area contributed by atoms with Crippen LogP contribution in [0.1, 0.15) is 5.56 Å². The molecule has 0 aliphatic heterocycles. The molecule has 0 amide bonds. The maximum atomic E-state index is 8.96. The Kier molecular flexibility index (Phi) is 2.05. The fourth-order valence-electron chi connectivity index (χ4n) is 2.12. The van der Waals surface area contributed by atoms with E-state index in [1.165, 1.54) is 6.20 Å². The number of rotatable bonds is 1. The van der Waals surface area contributed by atoms with Crippen LogP contribution in [-0.2, 0) is 0 Å². The molecule has 0 fully saturated rings. The molecule has 0 atom stereocenters. The number of imidazole rings is 1. The van der Waals surface area contributed by atoms with Gasteiger partial charge in [-0.1, -0.05) is 0 Å². The zero-order valence-electron chi connectivity index (χ0n) is 10.1. The molecule has 0 aliphatic carbocycles. The lowest BCUT2D eigenvalue weighted by molar-refractivity contribution is 1.09. The van der Waals surface area contributed by atoms with Gasteiger partial charge in [-0.3, -0.25) is 10.1 Å². The number of hydrogen-bond donors (Lipinski definition) is 2. The number of H-pyrrole nitrogens is 2. The molecular weight excluding hydrogens is 254 g/mol. The highest BCUT2D eigenvalue weighted by Crippen LogP contribution is 2.25. The average molecular weight is 261 g/mol. The highest BCUT2D eigenvalue weighted by Gasteiger charge is 2.13. The number of nitriles is 1. The molecule has 0 saturated heterocycles. The van der Waals surface area contributed by atoms with Gasteiger partial charge in [-0.15, -0.1) is 0 Å². The number of pyridine rings is 2. The lowest BCUT2D eigenvalue weighted by atomic mass is 10.2. The van der Waals surface area contributed by atoms with Gasteiger partial charge in [0, 0.05) is 12.4 Å². The molecule has 0 bridgehead atoms. The number of fused-ring (bicyclic) bond motifs is 2. The minimum Gasteiger partial charge on any atom is -0.335 e. The van der Waals surface area contributed by atoms with Crippen LogP contribution in [-0.4, -0.2) is 30.1 Å². The average Bonchev–Trinajstić information content (AvgIpc) is 3.09. The van der Waals surface area contributed by atoms with Crippen LogP contribution in [0, 0.1) is 11.3 Å². The minimum absolute atomic E-state index is 0.484. The van der Waals surface area contributed by atoms with Gasteiger partial charge >= 0.3 is 0 Å². The number of hydrogen-bond acceptors (Lipinski definition) is 5. The van der Waals surface area contributed by atoms with Gasteiger partial charge in [-0.25, -0.2) is 9.97 Å². The Morgan fingerprint density at radius 1 is 1.25 bits per heavy atom. The second-order valence-electron chi connectivity index (χ2n) is 4.28. The van der Waals surface area contributed by atoms with E-state index < -0.39 is 0 Å². The quantitative estimate of drug-likeness (QED) is 0.543. The van der Waals surface area contributed by atoms with Crippen LogP contribution in [0.5, 0.6) is 0 Å². The van der Waals surface area contributed by atoms with Crippen LogP contribution in [0.15, 0.2) is 30.7 Å². The largest absolute Gasteiger partial charge is 0.335 e. The SMILES string of the molecule is N#Cc1cnc2n[nH]c(-c3nc4ccncc4[nH]3)c2c1. The fraction of sp³-hybridized carbons (Fsp3) is 0. The summed E-state index contributed by atoms with van der Waals surface area (Å²) in [4.78, 5) is 15.8. The van der Waals surface area contributed by atoms with E-state index in [-0.39, 0.29) is 0 Å². The molecule has 0 saturated carbocycles. The second-order valence-corrected chi connectivity index (χ2v) is 4.28. The molecule has 7 nitrogen and oxygen atoms in total. The van der Waals surface area contributed by atoms with Crippen LogP contribution < -0.4 is 0 Å². The van der Waals surface area contributed by atoms with Crippen molar-refractivity contribution in [1.82, 2.24) is 30.1 Å². The summed E-state index contributed by atoms with van der Waals surface area (Å²) in [5.41, 5.74) is 3.41. The van der Waals surface area contributed by atoms with Crippen molar-refractivity contribution in [3.8, 4) is 17.6 Å². The second kappa shape index (κ2) is 3.86. The summed E-state index contributed by atoms with van der Waals surface area (Å²) in [5, 5.41) is 16.7. The first-order chi connectivity index (χ1) is 9.85. The van der Waals surface area contributed by atoms with E-state index in [0.717, 1.165) is 16.4 Å². The van der Waals surface area contributed by atoms with Crippen LogP contribution >= 0.6 is 0 Å². The Labute approximate surface area is 112 Å². The van der Waals surface area contributed by atoms with Crippen molar-refractivity contribution in [2.24, 2.45) is 0 Å². The number of aromatic amines is 2. The molecule has 4 rings (SSSR count). The Hall–Kier alpha value is -3.27. The third-order valence-corrected chi connectivity index (χ3v) is 3.06. The third-order valence-electron chi connectivity index (χ3n) is 3.06. The molecule has 20 heavy (non-hydrogen) atoms. The van der Waals surface area contributed by atoms with Crippen LogP contribution in [0.25, 0.3) is 33.6 Å². The van der Waals surface area contributed by atoms with E-state index in [1.54, 1.807) is 18.5 Å². The fourth-order valence-corrected chi connectivity index (χ4v) is 2.12. The van der Waals surface area contributed by atoms with Gasteiger partial charge in [0.1, 0.15) is 11.8 Å². The lowest BCUT2D eigenvalue weighted by Gasteiger charge is -1.93. The summed E-state index contributed by atoms with van der Waals surface area (Å²) >= 11 is 0. The van der Waals surface area contributed by atoms with E-state index >= 15 is 0 Å². The van der Waals surface area contributed by atoms with Gasteiger partial charge in [-0.05, 0) is 12.1 Å². The van der Waals surface area contributed by atoms with Gasteiger partial charge in [-0.2, -0.15) is 10.4 Å². The van der Waals surface area contributed by atoms with Gasteiger partial charge in [0.2, 0.25) is 0 Å². The number of nitrogens with one attached hydrogen (secondary N) is 2. The molecule has 7 heteroatoms. The topological polar surface area (TPSA) is 107 Å². The van der Waals surface area contributed by atoms with E-state index in [1.807, 2.05) is 6.07 Å². The maximum absolute atomic E-state index is 8.96. The van der Waals surface area contributed by atoms with Crippen molar-refractivity contribution in [3.05, 3.63) is 36.3 Å². The standard InChI is InChI=1S/C13H7N7/c14-4-7-3-8-11(19-20-12(8)16-5-7)13-17-9-1-2-15-6-10(9)18-13/h1-3,5-6H,(H,17,18)(H,16,19,20). The summed E-state index contributed by atoms with van der Waals surface area (Å²) in [6, 6.07) is 5.64. The highest BCUT2D eigenvalue weighted by molar-refractivity contribution is 5.91. The Bertz CT molecular complexity index is 940. The van der Waals surface area contributed by atoms with Crippen molar-refractivity contribution >= 4 is 22.1 Å². The molecule has 4 aromatic rings.